The first-order valence-electron chi connectivity index (χ1n) is 9.24. The van der Waals surface area contributed by atoms with E-state index >= 15 is 0 Å². The molecule has 0 aliphatic carbocycles. The monoisotopic (exact) mass is 406 g/mol. The molecule has 1 aromatic carbocycles. The van der Waals surface area contributed by atoms with E-state index in [4.69, 9.17) is 22.1 Å². The largest absolute Gasteiger partial charge is 0.478 e. The number of nitrogens with one attached hydrogen (secondary N) is 1. The zero-order valence-corrected chi connectivity index (χ0v) is 17.3. The van der Waals surface area contributed by atoms with Gasteiger partial charge in [-0.05, 0) is 37.8 Å². The number of aliphatic carboxylic acids is 1. The Hall–Kier alpha value is -2.31. The summed E-state index contributed by atoms with van der Waals surface area (Å²) in [5.41, 5.74) is 7.89. The van der Waals surface area contributed by atoms with Crippen LogP contribution < -0.4 is 11.1 Å². The van der Waals surface area contributed by atoms with Crippen LogP contribution in [0.3, 0.4) is 0 Å². The number of carbonyl (C=O) groups is 2. The van der Waals surface area contributed by atoms with Crippen LogP contribution in [0.25, 0.3) is 0 Å². The van der Waals surface area contributed by atoms with Crippen molar-refractivity contribution in [1.29, 1.82) is 0 Å². The van der Waals surface area contributed by atoms with Crippen molar-refractivity contribution in [3.05, 3.63) is 57.4 Å². The van der Waals surface area contributed by atoms with Gasteiger partial charge < -0.3 is 20.9 Å². The van der Waals surface area contributed by atoms with Crippen LogP contribution in [0.1, 0.15) is 45.6 Å². The third-order valence-corrected chi connectivity index (χ3v) is 5.31. The minimum absolute atomic E-state index is 0.0736. The molecule has 0 amide bonds. The SMILES string of the molecule is CC1=C(C(=O)O)C(c2ccccc2Cl)C(C(=O)OCCC(N)C(C)C)=C(C)N1. The van der Waals surface area contributed by atoms with Crippen molar-refractivity contribution in [3.8, 4) is 0 Å². The van der Waals surface area contributed by atoms with Crippen LogP contribution >= 0.6 is 11.6 Å². The number of allylic oxidation sites excluding steroid dienone is 2. The number of rotatable bonds is 7. The fourth-order valence-corrected chi connectivity index (χ4v) is 3.51. The number of nitrogens with two attached hydrogens (primary N) is 1. The van der Waals surface area contributed by atoms with E-state index in [1.807, 2.05) is 13.8 Å². The van der Waals surface area contributed by atoms with Crippen molar-refractivity contribution in [1.82, 2.24) is 5.32 Å². The highest BCUT2D eigenvalue weighted by Gasteiger charge is 2.38. The molecule has 2 rings (SSSR count). The highest BCUT2D eigenvalue weighted by atomic mass is 35.5. The van der Waals surface area contributed by atoms with E-state index in [9.17, 15) is 14.7 Å². The van der Waals surface area contributed by atoms with Crippen LogP contribution in [0, 0.1) is 5.92 Å². The molecule has 1 aliphatic rings. The second kappa shape index (κ2) is 9.26. The fraction of sp³-hybridized carbons (Fsp3) is 0.429. The Morgan fingerprint density at radius 1 is 1.21 bits per heavy atom. The van der Waals surface area contributed by atoms with Crippen molar-refractivity contribution in [2.45, 2.75) is 46.1 Å². The molecule has 0 spiro atoms. The summed E-state index contributed by atoms with van der Waals surface area (Å²) in [6.07, 6.45) is 0.528. The number of halogens is 1. The first-order chi connectivity index (χ1) is 13.1. The number of esters is 1. The van der Waals surface area contributed by atoms with Crippen LogP contribution in [0.4, 0.5) is 0 Å². The number of carboxylic acid groups (broad SMARTS) is 1. The maximum Gasteiger partial charge on any atom is 0.336 e. The quantitative estimate of drug-likeness (QED) is 0.598. The standard InChI is InChI=1S/C21H27ClN2O4/c1-11(2)16(23)9-10-28-21(27)18-13(4)24-12(3)17(20(25)26)19(18)14-7-5-6-8-15(14)22/h5-8,11,16,19,24H,9-10,23H2,1-4H3,(H,25,26). The number of dihydropyridines is 1. The molecule has 28 heavy (non-hydrogen) atoms. The minimum Gasteiger partial charge on any atom is -0.478 e. The average molecular weight is 407 g/mol. The molecule has 1 heterocycles. The lowest BCUT2D eigenvalue weighted by atomic mass is 9.80. The Bertz CT molecular complexity index is 829. The number of carbonyl (C=O) groups excluding carboxylic acids is 1. The molecule has 1 aliphatic heterocycles. The molecule has 0 saturated heterocycles. The van der Waals surface area contributed by atoms with Crippen molar-refractivity contribution in [2.75, 3.05) is 6.61 Å². The van der Waals surface area contributed by atoms with Gasteiger partial charge in [0.05, 0.1) is 23.7 Å². The molecule has 152 valence electrons. The van der Waals surface area contributed by atoms with Crippen molar-refractivity contribution in [2.24, 2.45) is 11.7 Å². The minimum atomic E-state index is -1.12. The Morgan fingerprint density at radius 2 is 1.82 bits per heavy atom. The molecule has 0 aromatic heterocycles. The summed E-state index contributed by atoms with van der Waals surface area (Å²) in [4.78, 5) is 24.9. The topological polar surface area (TPSA) is 102 Å². The third-order valence-electron chi connectivity index (χ3n) is 4.97. The molecule has 7 heteroatoms. The fourth-order valence-electron chi connectivity index (χ4n) is 3.27. The van der Waals surface area contributed by atoms with Gasteiger partial charge in [-0.3, -0.25) is 0 Å². The van der Waals surface area contributed by atoms with E-state index in [0.29, 0.717) is 28.4 Å². The van der Waals surface area contributed by atoms with Crippen LogP contribution in [0.5, 0.6) is 0 Å². The first kappa shape index (κ1) is 22.0. The molecule has 0 fully saturated rings. The molecule has 4 N–H and O–H groups in total. The van der Waals surface area contributed by atoms with E-state index < -0.39 is 17.9 Å². The second-order valence-corrected chi connectivity index (χ2v) is 7.70. The van der Waals surface area contributed by atoms with Gasteiger partial charge >= 0.3 is 11.9 Å². The Kier molecular flexibility index (Phi) is 7.27. The van der Waals surface area contributed by atoms with Crippen molar-refractivity contribution >= 4 is 23.5 Å². The molecule has 2 atom stereocenters. The number of ether oxygens (including phenoxy) is 1. The van der Waals surface area contributed by atoms with E-state index in [-0.39, 0.29) is 29.7 Å². The lowest BCUT2D eigenvalue weighted by molar-refractivity contribution is -0.139. The smallest absolute Gasteiger partial charge is 0.336 e. The summed E-state index contributed by atoms with van der Waals surface area (Å²) in [6.45, 7) is 7.56. The Morgan fingerprint density at radius 3 is 2.39 bits per heavy atom. The highest BCUT2D eigenvalue weighted by molar-refractivity contribution is 6.31. The number of carboxylic acids is 1. The van der Waals surface area contributed by atoms with Gasteiger partial charge in [0.25, 0.3) is 0 Å². The van der Waals surface area contributed by atoms with Gasteiger partial charge in [-0.15, -0.1) is 0 Å². The van der Waals surface area contributed by atoms with Crippen molar-refractivity contribution < 1.29 is 19.4 Å². The zero-order valence-electron chi connectivity index (χ0n) is 16.6. The maximum atomic E-state index is 12.9. The normalized spacial score (nSPS) is 18.2. The summed E-state index contributed by atoms with van der Waals surface area (Å²) in [5.74, 6) is -2.23. The van der Waals surface area contributed by atoms with Gasteiger partial charge in [-0.25, -0.2) is 9.59 Å². The van der Waals surface area contributed by atoms with Crippen LogP contribution in [0.15, 0.2) is 46.8 Å². The van der Waals surface area contributed by atoms with Crippen LogP contribution in [0.2, 0.25) is 5.02 Å². The van der Waals surface area contributed by atoms with E-state index in [1.165, 1.54) is 0 Å². The summed E-state index contributed by atoms with van der Waals surface area (Å²) >= 11 is 6.35. The van der Waals surface area contributed by atoms with Crippen molar-refractivity contribution in [3.63, 3.8) is 0 Å². The lowest BCUT2D eigenvalue weighted by Crippen LogP contribution is -2.33. The Labute approximate surface area is 170 Å². The Balaban J connectivity index is 2.39. The van der Waals surface area contributed by atoms with E-state index in [1.54, 1.807) is 38.1 Å². The summed E-state index contributed by atoms with van der Waals surface area (Å²) in [7, 11) is 0. The molecule has 1 aromatic rings. The number of hydrogen-bond acceptors (Lipinski definition) is 5. The second-order valence-electron chi connectivity index (χ2n) is 7.29. The van der Waals surface area contributed by atoms with Crippen LogP contribution in [-0.2, 0) is 14.3 Å². The highest BCUT2D eigenvalue weighted by Crippen LogP contribution is 2.41. The van der Waals surface area contributed by atoms with Gasteiger partial charge in [0, 0.05) is 22.5 Å². The molecular weight excluding hydrogens is 380 g/mol. The lowest BCUT2D eigenvalue weighted by Gasteiger charge is -2.30. The first-order valence-corrected chi connectivity index (χ1v) is 9.61. The number of hydrogen-bond donors (Lipinski definition) is 3. The van der Waals surface area contributed by atoms with Gasteiger partial charge in [-0.2, -0.15) is 0 Å². The van der Waals surface area contributed by atoms with E-state index in [2.05, 4.69) is 5.32 Å². The van der Waals surface area contributed by atoms with Gasteiger partial charge in [-0.1, -0.05) is 43.6 Å². The predicted molar refractivity (Wildman–Crippen MR) is 109 cm³/mol. The molecule has 0 radical (unpaired) electrons. The zero-order chi connectivity index (χ0) is 21.0. The summed E-state index contributed by atoms with van der Waals surface area (Å²) in [6, 6.07) is 6.84. The summed E-state index contributed by atoms with van der Waals surface area (Å²) in [5, 5.41) is 13.2. The molecule has 2 unspecified atom stereocenters. The molecule has 6 nitrogen and oxygen atoms in total. The average Bonchev–Trinajstić information content (AvgIpc) is 2.60. The molecule has 0 saturated carbocycles. The summed E-state index contributed by atoms with van der Waals surface area (Å²) < 4.78 is 5.45. The van der Waals surface area contributed by atoms with E-state index in [0.717, 1.165) is 0 Å². The molecular formula is C21H27ClN2O4. The molecule has 0 bridgehead atoms. The van der Waals surface area contributed by atoms with Gasteiger partial charge in [0.2, 0.25) is 0 Å². The number of benzene rings is 1. The van der Waals surface area contributed by atoms with Gasteiger partial charge in [0.15, 0.2) is 0 Å². The third kappa shape index (κ3) is 4.75. The predicted octanol–water partition coefficient (Wildman–Crippen LogP) is 3.58. The maximum absolute atomic E-state index is 12.9. The van der Waals surface area contributed by atoms with Crippen LogP contribution in [-0.4, -0.2) is 29.7 Å². The van der Waals surface area contributed by atoms with Gasteiger partial charge in [0.1, 0.15) is 0 Å².